The quantitative estimate of drug-likeness (QED) is 0.429. The van der Waals surface area contributed by atoms with Gasteiger partial charge in [0.1, 0.15) is 5.75 Å². The van der Waals surface area contributed by atoms with Gasteiger partial charge >= 0.3 is 5.97 Å². The first-order valence-corrected chi connectivity index (χ1v) is 11.9. The van der Waals surface area contributed by atoms with Crippen LogP contribution in [0, 0.1) is 0 Å². The average molecular weight is 491 g/mol. The van der Waals surface area contributed by atoms with Crippen LogP contribution in [0.4, 0.5) is 0 Å². The molecule has 0 saturated carbocycles. The molecule has 0 aromatic heterocycles. The zero-order valence-electron chi connectivity index (χ0n) is 20.5. The van der Waals surface area contributed by atoms with Crippen molar-refractivity contribution in [3.05, 3.63) is 82.6 Å². The molecule has 8 nitrogen and oxygen atoms in total. The molecule has 2 aromatic carbocycles. The molecule has 1 saturated heterocycles. The molecule has 2 aromatic rings. The fourth-order valence-electron chi connectivity index (χ4n) is 4.24. The van der Waals surface area contributed by atoms with E-state index in [1.807, 2.05) is 30.3 Å². The van der Waals surface area contributed by atoms with Crippen LogP contribution < -0.4 is 10.1 Å². The summed E-state index contributed by atoms with van der Waals surface area (Å²) < 4.78 is 16.0. The van der Waals surface area contributed by atoms with Gasteiger partial charge in [0.2, 0.25) is 0 Å². The molecule has 0 radical (unpaired) electrons. The lowest BCUT2D eigenvalue weighted by atomic mass is 10.0. The molecule has 4 rings (SSSR count). The van der Waals surface area contributed by atoms with Crippen molar-refractivity contribution in [2.45, 2.75) is 32.4 Å². The van der Waals surface area contributed by atoms with E-state index in [1.165, 1.54) is 7.11 Å². The number of ether oxygens (including phenoxy) is 3. The molecule has 2 aliphatic heterocycles. The Morgan fingerprint density at radius 1 is 1.14 bits per heavy atom. The topological polar surface area (TPSA) is 94.2 Å². The van der Waals surface area contributed by atoms with Crippen LogP contribution in [0.5, 0.6) is 5.75 Å². The van der Waals surface area contributed by atoms with Gasteiger partial charge in [0, 0.05) is 18.8 Å². The van der Waals surface area contributed by atoms with Crippen molar-refractivity contribution < 1.29 is 28.6 Å². The van der Waals surface area contributed by atoms with Gasteiger partial charge in [-0.1, -0.05) is 42.5 Å². The van der Waals surface area contributed by atoms with Gasteiger partial charge < -0.3 is 24.4 Å². The highest BCUT2D eigenvalue weighted by Crippen LogP contribution is 2.33. The van der Waals surface area contributed by atoms with Gasteiger partial charge in [0.25, 0.3) is 11.8 Å². The first-order chi connectivity index (χ1) is 17.5. The van der Waals surface area contributed by atoms with E-state index < -0.39 is 5.97 Å². The summed E-state index contributed by atoms with van der Waals surface area (Å²) in [6.45, 7) is 3.22. The van der Waals surface area contributed by atoms with Crippen LogP contribution in [-0.2, 0) is 30.4 Å². The maximum absolute atomic E-state index is 13.3. The monoisotopic (exact) mass is 490 g/mol. The van der Waals surface area contributed by atoms with E-state index in [-0.39, 0.29) is 35.7 Å². The predicted octanol–water partition coefficient (Wildman–Crippen LogP) is 3.23. The maximum atomic E-state index is 13.3. The van der Waals surface area contributed by atoms with Gasteiger partial charge in [-0.15, -0.1) is 0 Å². The third-order valence-corrected chi connectivity index (χ3v) is 6.20. The van der Waals surface area contributed by atoms with E-state index in [2.05, 4.69) is 5.32 Å². The van der Waals surface area contributed by atoms with E-state index >= 15 is 0 Å². The van der Waals surface area contributed by atoms with E-state index in [4.69, 9.17) is 14.2 Å². The molecule has 188 valence electrons. The van der Waals surface area contributed by atoms with Gasteiger partial charge in [0.05, 0.1) is 30.9 Å². The Labute approximate surface area is 210 Å². The van der Waals surface area contributed by atoms with Gasteiger partial charge in [0.15, 0.2) is 6.61 Å². The lowest BCUT2D eigenvalue weighted by Crippen LogP contribution is -2.35. The van der Waals surface area contributed by atoms with E-state index in [0.717, 1.165) is 25.0 Å². The molecule has 0 aliphatic carbocycles. The summed E-state index contributed by atoms with van der Waals surface area (Å²) in [4.78, 5) is 39.4. The Morgan fingerprint density at radius 3 is 2.56 bits per heavy atom. The summed E-state index contributed by atoms with van der Waals surface area (Å²) in [6.07, 6.45) is 3.72. The van der Waals surface area contributed by atoms with E-state index in [1.54, 1.807) is 42.2 Å². The molecule has 8 heteroatoms. The number of hydrogen-bond acceptors (Lipinski definition) is 6. The third-order valence-electron chi connectivity index (χ3n) is 6.20. The van der Waals surface area contributed by atoms with Gasteiger partial charge in [-0.3, -0.25) is 9.59 Å². The predicted molar refractivity (Wildman–Crippen MR) is 134 cm³/mol. The molecule has 1 N–H and O–H groups in total. The second kappa shape index (κ2) is 11.7. The Bertz CT molecular complexity index is 1160. The molecule has 2 aliphatic rings. The Morgan fingerprint density at radius 2 is 1.89 bits per heavy atom. The zero-order chi connectivity index (χ0) is 25.5. The highest BCUT2D eigenvalue weighted by molar-refractivity contribution is 6.16. The van der Waals surface area contributed by atoms with Gasteiger partial charge in [-0.2, -0.15) is 0 Å². The van der Waals surface area contributed by atoms with Crippen LogP contribution in [0.15, 0.2) is 71.4 Å². The van der Waals surface area contributed by atoms with Crippen molar-refractivity contribution >= 4 is 23.9 Å². The van der Waals surface area contributed by atoms with Crippen LogP contribution >= 0.6 is 0 Å². The minimum Gasteiger partial charge on any atom is -0.484 e. The SMILES string of the molecule is COC(=O)C1=C(C)N(Cc2ccccc2)C(=O)C1=Cc1ccc(OCC(=O)NCC2CCCO2)cc1. The number of nitrogens with one attached hydrogen (secondary N) is 1. The minimum absolute atomic E-state index is 0.0794. The first-order valence-electron chi connectivity index (χ1n) is 11.9. The van der Waals surface area contributed by atoms with Gasteiger partial charge in [-0.05, 0) is 49.1 Å². The summed E-state index contributed by atoms with van der Waals surface area (Å²) in [5.74, 6) is -0.514. The zero-order valence-corrected chi connectivity index (χ0v) is 20.5. The summed E-state index contributed by atoms with van der Waals surface area (Å²) >= 11 is 0. The number of nitrogens with zero attached hydrogens (tertiary/aromatic N) is 1. The number of methoxy groups -OCH3 is 1. The number of benzene rings is 2. The summed E-state index contributed by atoms with van der Waals surface area (Å²) in [7, 11) is 1.30. The highest BCUT2D eigenvalue weighted by atomic mass is 16.5. The number of hydrogen-bond donors (Lipinski definition) is 1. The summed E-state index contributed by atoms with van der Waals surface area (Å²) in [5, 5.41) is 2.82. The number of esters is 1. The lowest BCUT2D eigenvalue weighted by molar-refractivity contribution is -0.136. The molecule has 2 amide bonds. The van der Waals surface area contributed by atoms with E-state index in [0.29, 0.717) is 30.1 Å². The molecular weight excluding hydrogens is 460 g/mol. The van der Waals surface area contributed by atoms with Crippen molar-refractivity contribution in [2.24, 2.45) is 0 Å². The summed E-state index contributed by atoms with van der Waals surface area (Å²) in [5.41, 5.74) is 2.75. The molecular formula is C28H30N2O6. The summed E-state index contributed by atoms with van der Waals surface area (Å²) in [6, 6.07) is 16.6. The molecule has 1 fully saturated rings. The molecule has 1 atom stereocenters. The highest BCUT2D eigenvalue weighted by Gasteiger charge is 2.36. The molecule has 2 heterocycles. The van der Waals surface area contributed by atoms with Crippen LogP contribution in [0.1, 0.15) is 30.9 Å². The van der Waals surface area contributed by atoms with Crippen molar-refractivity contribution in [3.63, 3.8) is 0 Å². The van der Waals surface area contributed by atoms with E-state index in [9.17, 15) is 14.4 Å². The number of carbonyl (C=O) groups excluding carboxylic acids is 3. The van der Waals surface area contributed by atoms with Crippen molar-refractivity contribution in [1.82, 2.24) is 10.2 Å². The van der Waals surface area contributed by atoms with Crippen LogP contribution in [0.3, 0.4) is 0 Å². The van der Waals surface area contributed by atoms with Crippen molar-refractivity contribution in [3.8, 4) is 5.75 Å². The van der Waals surface area contributed by atoms with Gasteiger partial charge in [-0.25, -0.2) is 4.79 Å². The van der Waals surface area contributed by atoms with Crippen molar-refractivity contribution in [1.29, 1.82) is 0 Å². The maximum Gasteiger partial charge on any atom is 0.340 e. The lowest BCUT2D eigenvalue weighted by Gasteiger charge is -2.17. The number of carbonyl (C=O) groups is 3. The second-order valence-electron chi connectivity index (χ2n) is 8.68. The van der Waals surface area contributed by atoms with Crippen LogP contribution in [0.25, 0.3) is 6.08 Å². The first kappa shape index (κ1) is 25.2. The molecule has 36 heavy (non-hydrogen) atoms. The van der Waals surface area contributed by atoms with Crippen LogP contribution in [0.2, 0.25) is 0 Å². The smallest absolute Gasteiger partial charge is 0.340 e. The normalized spacial score (nSPS) is 18.6. The molecule has 1 unspecified atom stereocenters. The largest absolute Gasteiger partial charge is 0.484 e. The molecule has 0 spiro atoms. The number of amides is 2. The fraction of sp³-hybridized carbons (Fsp3) is 0.321. The third kappa shape index (κ3) is 6.01. The average Bonchev–Trinajstić information content (AvgIpc) is 3.50. The molecule has 0 bridgehead atoms. The number of rotatable bonds is 9. The second-order valence-corrected chi connectivity index (χ2v) is 8.68. The Balaban J connectivity index is 1.43. The van der Waals surface area contributed by atoms with Crippen molar-refractivity contribution in [2.75, 3.05) is 26.9 Å². The van der Waals surface area contributed by atoms with Crippen LogP contribution in [-0.4, -0.2) is 55.7 Å². The Kier molecular flexibility index (Phi) is 8.17. The fourth-order valence-corrected chi connectivity index (χ4v) is 4.24. The minimum atomic E-state index is -0.559. The number of allylic oxidation sites excluding steroid dienone is 1. The Hall–Kier alpha value is -3.91. The standard InChI is InChI=1S/C28H30N2O6/c1-19-26(28(33)34-2)24(27(32)30(19)17-21-7-4-3-5-8-21)15-20-10-12-22(13-11-20)36-18-25(31)29-16-23-9-6-14-35-23/h3-5,7-8,10-13,15,23H,6,9,14,16-18H2,1-2H3,(H,29,31).